The van der Waals surface area contributed by atoms with Crippen molar-refractivity contribution in [3.63, 3.8) is 0 Å². The van der Waals surface area contributed by atoms with E-state index in [2.05, 4.69) is 28.2 Å². The highest BCUT2D eigenvalue weighted by atomic mass is 79.9. The van der Waals surface area contributed by atoms with Gasteiger partial charge in [0.05, 0.1) is 5.56 Å². The zero-order valence-electron chi connectivity index (χ0n) is 10.1. The summed E-state index contributed by atoms with van der Waals surface area (Å²) in [5.41, 5.74) is 0.475. The van der Waals surface area contributed by atoms with Gasteiger partial charge >= 0.3 is 0 Å². The second-order valence-electron chi connectivity index (χ2n) is 4.71. The van der Waals surface area contributed by atoms with E-state index in [-0.39, 0.29) is 16.5 Å². The van der Waals surface area contributed by atoms with Crippen LogP contribution in [0.5, 0.6) is 0 Å². The quantitative estimate of drug-likeness (QED) is 0.916. The van der Waals surface area contributed by atoms with Crippen molar-refractivity contribution in [2.45, 2.75) is 24.5 Å². The summed E-state index contributed by atoms with van der Waals surface area (Å²) in [5.74, 6) is 0.652. The van der Waals surface area contributed by atoms with Crippen LogP contribution in [0.1, 0.15) is 30.1 Å². The third-order valence-corrected chi connectivity index (χ3v) is 5.29. The minimum atomic E-state index is -0.350. The summed E-state index contributed by atoms with van der Waals surface area (Å²) in [6.07, 6.45) is 2.33. The summed E-state index contributed by atoms with van der Waals surface area (Å²) in [7, 11) is 0. The summed E-state index contributed by atoms with van der Waals surface area (Å²) in [6.45, 7) is 2.82. The van der Waals surface area contributed by atoms with Crippen LogP contribution in [0.3, 0.4) is 0 Å². The average molecular weight is 332 g/mol. The van der Waals surface area contributed by atoms with Crippen LogP contribution in [0.15, 0.2) is 22.7 Å². The van der Waals surface area contributed by atoms with Gasteiger partial charge in [0.25, 0.3) is 5.91 Å². The van der Waals surface area contributed by atoms with Crippen LogP contribution in [0.4, 0.5) is 4.39 Å². The Hall–Kier alpha value is -0.550. The number of hydrogen-bond acceptors (Lipinski definition) is 2. The van der Waals surface area contributed by atoms with E-state index in [1.165, 1.54) is 24.6 Å². The Morgan fingerprint density at radius 2 is 2.39 bits per heavy atom. The third kappa shape index (κ3) is 3.26. The molecule has 1 aromatic rings. The molecule has 2 rings (SSSR count). The number of carbonyl (C=O) groups excluding carboxylic acids is 1. The zero-order valence-corrected chi connectivity index (χ0v) is 12.5. The number of thioether (sulfide) groups is 1. The summed E-state index contributed by atoms with van der Waals surface area (Å²) in [6, 6.07) is 4.10. The van der Waals surface area contributed by atoms with Crippen molar-refractivity contribution >= 4 is 33.6 Å². The van der Waals surface area contributed by atoms with Crippen LogP contribution < -0.4 is 5.32 Å². The lowest BCUT2D eigenvalue weighted by molar-refractivity contribution is 0.0949. The van der Waals surface area contributed by atoms with Gasteiger partial charge in [0, 0.05) is 15.8 Å². The molecule has 1 amide bonds. The highest BCUT2D eigenvalue weighted by Crippen LogP contribution is 2.37. The van der Waals surface area contributed by atoms with Gasteiger partial charge in [-0.25, -0.2) is 4.39 Å². The lowest BCUT2D eigenvalue weighted by Gasteiger charge is -2.23. The van der Waals surface area contributed by atoms with Gasteiger partial charge in [-0.05, 0) is 59.6 Å². The standard InChI is InChI=1S/C13H15BrFNOS/c1-13(5-2-6-18-13)8-16-12(17)10-4-3-9(15)7-11(10)14/h3-4,7H,2,5-6,8H2,1H3,(H,16,17). The molecule has 1 N–H and O–H groups in total. The van der Waals surface area contributed by atoms with Crippen LogP contribution in [-0.2, 0) is 0 Å². The molecule has 0 aromatic heterocycles. The van der Waals surface area contributed by atoms with E-state index in [0.717, 1.165) is 12.2 Å². The van der Waals surface area contributed by atoms with E-state index < -0.39 is 0 Å². The van der Waals surface area contributed by atoms with E-state index in [1.54, 1.807) is 0 Å². The molecule has 0 aliphatic carbocycles. The predicted octanol–water partition coefficient (Wildman–Crippen LogP) is 3.60. The fourth-order valence-electron chi connectivity index (χ4n) is 2.01. The summed E-state index contributed by atoms with van der Waals surface area (Å²) >= 11 is 5.11. The summed E-state index contributed by atoms with van der Waals surface area (Å²) < 4.78 is 13.6. The van der Waals surface area contributed by atoms with Crippen molar-refractivity contribution in [2.24, 2.45) is 0 Å². The van der Waals surface area contributed by atoms with Crippen LogP contribution in [-0.4, -0.2) is 23.0 Å². The number of hydrogen-bond donors (Lipinski definition) is 1. The van der Waals surface area contributed by atoms with Crippen molar-refractivity contribution in [2.75, 3.05) is 12.3 Å². The highest BCUT2D eigenvalue weighted by molar-refractivity contribution is 9.10. The zero-order chi connectivity index (χ0) is 13.2. The first kappa shape index (κ1) is 13.9. The third-order valence-electron chi connectivity index (χ3n) is 3.10. The van der Waals surface area contributed by atoms with E-state index in [1.807, 2.05) is 11.8 Å². The van der Waals surface area contributed by atoms with Gasteiger partial charge < -0.3 is 5.32 Å². The van der Waals surface area contributed by atoms with E-state index >= 15 is 0 Å². The van der Waals surface area contributed by atoms with Crippen molar-refractivity contribution < 1.29 is 9.18 Å². The molecular formula is C13H15BrFNOS. The molecule has 1 fully saturated rings. The molecule has 1 heterocycles. The Labute approximate surface area is 119 Å². The monoisotopic (exact) mass is 331 g/mol. The number of benzene rings is 1. The minimum absolute atomic E-state index is 0.141. The average Bonchev–Trinajstić information content (AvgIpc) is 2.74. The molecule has 98 valence electrons. The molecule has 0 bridgehead atoms. The normalized spacial score (nSPS) is 23.1. The molecule has 0 radical (unpaired) electrons. The molecule has 1 aromatic carbocycles. The Morgan fingerprint density at radius 3 is 3.00 bits per heavy atom. The van der Waals surface area contributed by atoms with Gasteiger partial charge in [-0.2, -0.15) is 11.8 Å². The lowest BCUT2D eigenvalue weighted by atomic mass is 10.1. The maximum absolute atomic E-state index is 12.9. The minimum Gasteiger partial charge on any atom is -0.351 e. The van der Waals surface area contributed by atoms with Gasteiger partial charge in [0.1, 0.15) is 5.82 Å². The van der Waals surface area contributed by atoms with Crippen molar-refractivity contribution in [1.82, 2.24) is 5.32 Å². The van der Waals surface area contributed by atoms with Gasteiger partial charge in [-0.15, -0.1) is 0 Å². The maximum Gasteiger partial charge on any atom is 0.252 e. The molecule has 1 aliphatic heterocycles. The van der Waals surface area contributed by atoms with Crippen LogP contribution >= 0.6 is 27.7 Å². The Kier molecular flexibility index (Phi) is 4.33. The fraction of sp³-hybridized carbons (Fsp3) is 0.462. The number of nitrogens with one attached hydrogen (secondary N) is 1. The Bertz CT molecular complexity index is 460. The molecule has 2 nitrogen and oxygen atoms in total. The topological polar surface area (TPSA) is 29.1 Å². The predicted molar refractivity (Wildman–Crippen MR) is 76.5 cm³/mol. The summed E-state index contributed by atoms with van der Waals surface area (Å²) in [4.78, 5) is 12.0. The number of amides is 1. The fourth-order valence-corrected chi connectivity index (χ4v) is 3.79. The molecule has 18 heavy (non-hydrogen) atoms. The number of halogens is 2. The highest BCUT2D eigenvalue weighted by Gasteiger charge is 2.29. The SMILES string of the molecule is CC1(CNC(=O)c2ccc(F)cc2Br)CCCS1. The Balaban J connectivity index is 1.99. The molecule has 0 saturated carbocycles. The molecule has 1 atom stereocenters. The van der Waals surface area contributed by atoms with E-state index in [9.17, 15) is 9.18 Å². The smallest absolute Gasteiger partial charge is 0.252 e. The molecule has 0 spiro atoms. The largest absolute Gasteiger partial charge is 0.351 e. The maximum atomic E-state index is 12.9. The van der Waals surface area contributed by atoms with E-state index in [0.29, 0.717) is 16.6 Å². The van der Waals surface area contributed by atoms with Gasteiger partial charge in [-0.3, -0.25) is 4.79 Å². The summed E-state index contributed by atoms with van der Waals surface area (Å²) in [5, 5.41) is 2.93. The van der Waals surface area contributed by atoms with Crippen molar-refractivity contribution in [3.05, 3.63) is 34.1 Å². The molecule has 1 aliphatic rings. The lowest BCUT2D eigenvalue weighted by Crippen LogP contribution is -2.36. The molecular weight excluding hydrogens is 317 g/mol. The molecule has 1 saturated heterocycles. The first-order valence-electron chi connectivity index (χ1n) is 5.87. The van der Waals surface area contributed by atoms with Gasteiger partial charge in [0.2, 0.25) is 0 Å². The second kappa shape index (κ2) is 5.61. The number of carbonyl (C=O) groups is 1. The van der Waals surface area contributed by atoms with Gasteiger partial charge in [0.15, 0.2) is 0 Å². The molecule has 1 unspecified atom stereocenters. The van der Waals surface area contributed by atoms with Crippen molar-refractivity contribution in [1.29, 1.82) is 0 Å². The van der Waals surface area contributed by atoms with Crippen LogP contribution in [0.2, 0.25) is 0 Å². The Morgan fingerprint density at radius 1 is 1.61 bits per heavy atom. The van der Waals surface area contributed by atoms with Crippen LogP contribution in [0, 0.1) is 5.82 Å². The second-order valence-corrected chi connectivity index (χ2v) is 7.25. The van der Waals surface area contributed by atoms with Gasteiger partial charge in [-0.1, -0.05) is 0 Å². The first-order chi connectivity index (χ1) is 8.50. The van der Waals surface area contributed by atoms with Crippen molar-refractivity contribution in [3.8, 4) is 0 Å². The van der Waals surface area contributed by atoms with E-state index in [4.69, 9.17) is 0 Å². The van der Waals surface area contributed by atoms with Crippen LogP contribution in [0.25, 0.3) is 0 Å². The number of rotatable bonds is 3. The molecule has 5 heteroatoms. The first-order valence-corrected chi connectivity index (χ1v) is 7.65.